The third-order valence-corrected chi connectivity index (χ3v) is 3.31. The number of hydrogen-bond donors (Lipinski definition) is 1. The Morgan fingerprint density at radius 2 is 2.24 bits per heavy atom. The lowest BCUT2D eigenvalue weighted by Gasteiger charge is -2.13. The van der Waals surface area contributed by atoms with Gasteiger partial charge in [0.2, 0.25) is 0 Å². The van der Waals surface area contributed by atoms with Crippen molar-refractivity contribution < 1.29 is 9.13 Å². The van der Waals surface area contributed by atoms with E-state index in [1.807, 2.05) is 6.07 Å². The van der Waals surface area contributed by atoms with Crippen LogP contribution in [0.2, 0.25) is 0 Å². The molecule has 1 saturated carbocycles. The maximum Gasteiger partial charge on any atom is 0.129 e. The van der Waals surface area contributed by atoms with E-state index in [1.54, 1.807) is 13.0 Å². The van der Waals surface area contributed by atoms with Gasteiger partial charge >= 0.3 is 0 Å². The summed E-state index contributed by atoms with van der Waals surface area (Å²) in [5, 5.41) is 3.42. The van der Waals surface area contributed by atoms with Crippen LogP contribution in [-0.4, -0.2) is 19.2 Å². The Morgan fingerprint density at radius 1 is 1.47 bits per heavy atom. The molecule has 0 saturated heterocycles. The monoisotopic (exact) mass is 237 g/mol. The van der Waals surface area contributed by atoms with E-state index in [9.17, 15) is 4.39 Å². The largest absolute Gasteiger partial charge is 0.492 e. The molecule has 0 spiro atoms. The van der Waals surface area contributed by atoms with Gasteiger partial charge in [-0.25, -0.2) is 4.39 Å². The summed E-state index contributed by atoms with van der Waals surface area (Å²) in [6, 6.07) is 5.57. The molecule has 0 amide bonds. The highest BCUT2D eigenvalue weighted by Crippen LogP contribution is 2.32. The number of nitrogens with one attached hydrogen (secondary N) is 1. The van der Waals surface area contributed by atoms with Crippen LogP contribution in [0.3, 0.4) is 0 Å². The summed E-state index contributed by atoms with van der Waals surface area (Å²) in [5.74, 6) is 1.25. The first-order valence-corrected chi connectivity index (χ1v) is 6.29. The second-order valence-corrected chi connectivity index (χ2v) is 4.84. The molecule has 1 aromatic rings. The molecule has 0 aromatic heterocycles. The minimum Gasteiger partial charge on any atom is -0.492 e. The van der Waals surface area contributed by atoms with Crippen LogP contribution in [0, 0.1) is 18.7 Å². The third kappa shape index (κ3) is 3.70. The second-order valence-electron chi connectivity index (χ2n) is 4.84. The molecule has 17 heavy (non-hydrogen) atoms. The number of halogens is 1. The van der Waals surface area contributed by atoms with Crippen LogP contribution in [0.1, 0.15) is 25.3 Å². The summed E-state index contributed by atoms with van der Waals surface area (Å²) in [6.45, 7) is 5.36. The quantitative estimate of drug-likeness (QED) is 0.768. The predicted octanol–water partition coefficient (Wildman–Crippen LogP) is 2.90. The molecule has 1 fully saturated rings. The van der Waals surface area contributed by atoms with Crippen LogP contribution in [0.25, 0.3) is 0 Å². The van der Waals surface area contributed by atoms with Gasteiger partial charge in [-0.15, -0.1) is 0 Å². The zero-order valence-corrected chi connectivity index (χ0v) is 10.5. The molecule has 2 nitrogen and oxygen atoms in total. The van der Waals surface area contributed by atoms with Gasteiger partial charge in [-0.05, 0) is 44.2 Å². The smallest absolute Gasteiger partial charge is 0.129 e. The molecule has 0 aliphatic heterocycles. The Morgan fingerprint density at radius 3 is 2.88 bits per heavy atom. The van der Waals surface area contributed by atoms with Crippen molar-refractivity contribution in [1.82, 2.24) is 5.32 Å². The van der Waals surface area contributed by atoms with Gasteiger partial charge in [0.05, 0.1) is 0 Å². The number of benzene rings is 1. The molecule has 94 valence electrons. The van der Waals surface area contributed by atoms with Gasteiger partial charge < -0.3 is 10.1 Å². The van der Waals surface area contributed by atoms with Crippen LogP contribution in [0.4, 0.5) is 4.39 Å². The molecule has 1 aliphatic carbocycles. The molecule has 2 rings (SSSR count). The minimum atomic E-state index is -0.207. The normalized spacial score (nSPS) is 16.9. The molecule has 0 bridgehead atoms. The van der Waals surface area contributed by atoms with Crippen molar-refractivity contribution in [2.75, 3.05) is 13.2 Å². The molecular weight excluding hydrogens is 217 g/mol. The topological polar surface area (TPSA) is 21.3 Å². The Bertz CT molecular complexity index is 376. The second kappa shape index (κ2) is 5.50. The van der Waals surface area contributed by atoms with Gasteiger partial charge in [0.25, 0.3) is 0 Å². The van der Waals surface area contributed by atoms with Crippen molar-refractivity contribution in [3.8, 4) is 5.75 Å². The van der Waals surface area contributed by atoms with Gasteiger partial charge in [-0.1, -0.05) is 6.07 Å². The lowest BCUT2D eigenvalue weighted by molar-refractivity contribution is 0.302. The Kier molecular flexibility index (Phi) is 4.00. The van der Waals surface area contributed by atoms with E-state index in [0.717, 1.165) is 12.5 Å². The number of hydrogen-bond acceptors (Lipinski definition) is 2. The average Bonchev–Trinajstić information content (AvgIpc) is 3.13. The molecule has 1 atom stereocenters. The highest BCUT2D eigenvalue weighted by molar-refractivity contribution is 5.27. The third-order valence-electron chi connectivity index (χ3n) is 3.31. The lowest BCUT2D eigenvalue weighted by Crippen LogP contribution is -2.31. The summed E-state index contributed by atoms with van der Waals surface area (Å²) in [6.07, 6.45) is 2.69. The molecule has 0 radical (unpaired) electrons. The van der Waals surface area contributed by atoms with Gasteiger partial charge in [-0.2, -0.15) is 0 Å². The highest BCUT2D eigenvalue weighted by atomic mass is 19.1. The van der Waals surface area contributed by atoms with Crippen LogP contribution in [0.15, 0.2) is 18.2 Å². The minimum absolute atomic E-state index is 0.207. The van der Waals surface area contributed by atoms with Crippen LogP contribution in [0.5, 0.6) is 5.75 Å². The van der Waals surface area contributed by atoms with Gasteiger partial charge in [0.15, 0.2) is 0 Å². The molecular formula is C14H20FNO. The Hall–Kier alpha value is -1.09. The van der Waals surface area contributed by atoms with E-state index in [-0.39, 0.29) is 5.82 Å². The fourth-order valence-corrected chi connectivity index (χ4v) is 1.88. The number of aryl methyl sites for hydroxylation is 1. The standard InChI is InChI=1S/C14H20FNO/c1-10-3-6-13(9-14(10)15)17-8-7-16-11(2)12-4-5-12/h3,6,9,11-12,16H,4-5,7-8H2,1-2H3. The van der Waals surface area contributed by atoms with E-state index in [1.165, 1.54) is 18.9 Å². The molecule has 0 heterocycles. The summed E-state index contributed by atoms with van der Waals surface area (Å²) >= 11 is 0. The van der Waals surface area contributed by atoms with Crippen LogP contribution in [-0.2, 0) is 0 Å². The Labute approximate surface area is 102 Å². The lowest BCUT2D eigenvalue weighted by atomic mass is 10.2. The van der Waals surface area contributed by atoms with Gasteiger partial charge in [0, 0.05) is 18.7 Å². The van der Waals surface area contributed by atoms with Crippen molar-refractivity contribution in [3.05, 3.63) is 29.6 Å². The zero-order valence-electron chi connectivity index (χ0n) is 10.5. The SMILES string of the molecule is Cc1ccc(OCCNC(C)C2CC2)cc1F. The van der Waals surface area contributed by atoms with E-state index < -0.39 is 0 Å². The van der Waals surface area contributed by atoms with Crippen molar-refractivity contribution in [1.29, 1.82) is 0 Å². The number of rotatable bonds is 6. The van der Waals surface area contributed by atoms with E-state index in [0.29, 0.717) is 24.0 Å². The summed E-state index contributed by atoms with van der Waals surface area (Å²) < 4.78 is 18.7. The zero-order chi connectivity index (χ0) is 12.3. The maximum atomic E-state index is 13.2. The van der Waals surface area contributed by atoms with E-state index in [2.05, 4.69) is 12.2 Å². The summed E-state index contributed by atoms with van der Waals surface area (Å²) in [5.41, 5.74) is 0.651. The fraction of sp³-hybridized carbons (Fsp3) is 0.571. The van der Waals surface area contributed by atoms with Gasteiger partial charge in [-0.3, -0.25) is 0 Å². The first kappa shape index (κ1) is 12.4. The molecule has 3 heteroatoms. The summed E-state index contributed by atoms with van der Waals surface area (Å²) in [7, 11) is 0. The van der Waals surface area contributed by atoms with Crippen LogP contribution < -0.4 is 10.1 Å². The van der Waals surface area contributed by atoms with Crippen molar-refractivity contribution >= 4 is 0 Å². The van der Waals surface area contributed by atoms with E-state index in [4.69, 9.17) is 4.74 Å². The number of ether oxygens (including phenoxy) is 1. The summed E-state index contributed by atoms with van der Waals surface area (Å²) in [4.78, 5) is 0. The first-order chi connectivity index (χ1) is 8.16. The van der Waals surface area contributed by atoms with E-state index >= 15 is 0 Å². The maximum absolute atomic E-state index is 13.2. The average molecular weight is 237 g/mol. The first-order valence-electron chi connectivity index (χ1n) is 6.29. The predicted molar refractivity (Wildman–Crippen MR) is 66.8 cm³/mol. The molecule has 1 aromatic carbocycles. The fourth-order valence-electron chi connectivity index (χ4n) is 1.88. The van der Waals surface area contributed by atoms with Crippen molar-refractivity contribution in [2.24, 2.45) is 5.92 Å². The molecule has 1 unspecified atom stereocenters. The van der Waals surface area contributed by atoms with Gasteiger partial charge in [0.1, 0.15) is 18.2 Å². The molecule has 1 aliphatic rings. The van der Waals surface area contributed by atoms with Crippen molar-refractivity contribution in [2.45, 2.75) is 32.7 Å². The van der Waals surface area contributed by atoms with Crippen LogP contribution >= 0.6 is 0 Å². The highest BCUT2D eigenvalue weighted by Gasteiger charge is 2.27. The molecule has 1 N–H and O–H groups in total. The van der Waals surface area contributed by atoms with Crippen molar-refractivity contribution in [3.63, 3.8) is 0 Å². The Balaban J connectivity index is 1.68.